The summed E-state index contributed by atoms with van der Waals surface area (Å²) >= 11 is 0. The molecule has 4 nitrogen and oxygen atoms in total. The zero-order valence-corrected chi connectivity index (χ0v) is 10.7. The molecule has 0 bridgehead atoms. The first-order valence-corrected chi connectivity index (χ1v) is 6.06. The number of nitrogen functional groups attached to an aromatic ring is 1. The van der Waals surface area contributed by atoms with E-state index in [4.69, 9.17) is 15.2 Å². The van der Waals surface area contributed by atoms with E-state index < -0.39 is 0 Å². The molecule has 2 rings (SSSR count). The lowest BCUT2D eigenvalue weighted by Crippen LogP contribution is -2.18. The van der Waals surface area contributed by atoms with Gasteiger partial charge in [0.2, 0.25) is 0 Å². The minimum atomic E-state index is -0.353. The van der Waals surface area contributed by atoms with E-state index in [1.165, 1.54) is 13.2 Å². The summed E-state index contributed by atoms with van der Waals surface area (Å²) in [6, 6.07) is 3.12. The Hall–Kier alpha value is -1.49. The van der Waals surface area contributed by atoms with Gasteiger partial charge in [0.1, 0.15) is 11.6 Å². The summed E-state index contributed by atoms with van der Waals surface area (Å²) in [6.07, 6.45) is 3.14. The molecule has 1 aromatic rings. The summed E-state index contributed by atoms with van der Waals surface area (Å²) in [5.41, 5.74) is 6.38. The van der Waals surface area contributed by atoms with Gasteiger partial charge in [0.05, 0.1) is 24.6 Å². The van der Waals surface area contributed by atoms with Gasteiger partial charge in [-0.25, -0.2) is 4.39 Å². The molecule has 2 unspecified atom stereocenters. The second kappa shape index (κ2) is 5.44. The van der Waals surface area contributed by atoms with E-state index in [2.05, 4.69) is 5.32 Å². The van der Waals surface area contributed by atoms with Gasteiger partial charge in [0, 0.05) is 25.3 Å². The van der Waals surface area contributed by atoms with Crippen molar-refractivity contribution in [3.8, 4) is 5.75 Å². The monoisotopic (exact) mass is 254 g/mol. The van der Waals surface area contributed by atoms with Crippen LogP contribution in [0.3, 0.4) is 0 Å². The number of nitrogens with one attached hydrogen (secondary N) is 1. The summed E-state index contributed by atoms with van der Waals surface area (Å²) in [6.45, 7) is 0. The fraction of sp³-hybridized carbons (Fsp3) is 0.538. The van der Waals surface area contributed by atoms with Crippen molar-refractivity contribution in [1.82, 2.24) is 0 Å². The van der Waals surface area contributed by atoms with Crippen molar-refractivity contribution in [2.24, 2.45) is 0 Å². The molecular formula is C13H19FN2O2. The first-order valence-electron chi connectivity index (χ1n) is 6.06. The largest absolute Gasteiger partial charge is 0.495 e. The van der Waals surface area contributed by atoms with Crippen LogP contribution in [-0.4, -0.2) is 26.4 Å². The summed E-state index contributed by atoms with van der Waals surface area (Å²) in [7, 11) is 3.23. The Morgan fingerprint density at radius 1 is 1.33 bits per heavy atom. The van der Waals surface area contributed by atoms with Crippen LogP contribution in [-0.2, 0) is 4.74 Å². The van der Waals surface area contributed by atoms with Gasteiger partial charge in [-0.3, -0.25) is 0 Å². The predicted octanol–water partition coefficient (Wildman–Crippen LogP) is 2.40. The molecule has 2 atom stereocenters. The molecule has 0 heterocycles. The van der Waals surface area contributed by atoms with Crippen molar-refractivity contribution in [1.29, 1.82) is 0 Å². The number of hydrogen-bond donors (Lipinski definition) is 2. The number of anilines is 2. The maximum absolute atomic E-state index is 13.8. The Balaban J connectivity index is 2.09. The summed E-state index contributed by atoms with van der Waals surface area (Å²) in [4.78, 5) is 0. The van der Waals surface area contributed by atoms with E-state index in [1.54, 1.807) is 13.2 Å². The summed E-state index contributed by atoms with van der Waals surface area (Å²) < 4.78 is 24.2. The van der Waals surface area contributed by atoms with Crippen LogP contribution in [0.25, 0.3) is 0 Å². The number of hydrogen-bond acceptors (Lipinski definition) is 4. The third-order valence-corrected chi connectivity index (χ3v) is 3.40. The summed E-state index contributed by atoms with van der Waals surface area (Å²) in [5.74, 6) is 0.134. The lowest BCUT2D eigenvalue weighted by molar-refractivity contribution is 0.108. The average molecular weight is 254 g/mol. The maximum atomic E-state index is 13.8. The van der Waals surface area contributed by atoms with Crippen molar-refractivity contribution in [2.75, 3.05) is 25.3 Å². The Bertz CT molecular complexity index is 426. The van der Waals surface area contributed by atoms with Gasteiger partial charge < -0.3 is 20.5 Å². The molecule has 1 saturated carbocycles. The smallest absolute Gasteiger partial charge is 0.148 e. The first-order chi connectivity index (χ1) is 8.63. The van der Waals surface area contributed by atoms with Crippen molar-refractivity contribution in [2.45, 2.75) is 31.4 Å². The number of rotatable bonds is 4. The highest BCUT2D eigenvalue weighted by Gasteiger charge is 2.25. The van der Waals surface area contributed by atoms with E-state index in [0.717, 1.165) is 19.3 Å². The molecule has 1 fully saturated rings. The molecule has 5 heteroatoms. The molecule has 0 aromatic heterocycles. The third-order valence-electron chi connectivity index (χ3n) is 3.40. The van der Waals surface area contributed by atoms with Gasteiger partial charge in [0.25, 0.3) is 0 Å². The van der Waals surface area contributed by atoms with Crippen LogP contribution in [0.4, 0.5) is 15.8 Å². The fourth-order valence-electron chi connectivity index (χ4n) is 2.36. The molecule has 1 aliphatic carbocycles. The zero-order valence-electron chi connectivity index (χ0n) is 10.7. The maximum Gasteiger partial charge on any atom is 0.148 e. The highest BCUT2D eigenvalue weighted by molar-refractivity contribution is 5.62. The van der Waals surface area contributed by atoms with E-state index in [-0.39, 0.29) is 18.0 Å². The Labute approximate surface area is 106 Å². The van der Waals surface area contributed by atoms with Crippen molar-refractivity contribution >= 4 is 11.4 Å². The number of halogens is 1. The SMILES string of the molecule is COc1cc(NC2CCC(OC)C2)c(F)cc1N. The number of ether oxygens (including phenoxy) is 2. The van der Waals surface area contributed by atoms with E-state index in [1.807, 2.05) is 0 Å². The molecular weight excluding hydrogens is 235 g/mol. The van der Waals surface area contributed by atoms with Crippen LogP contribution in [0.2, 0.25) is 0 Å². The molecule has 18 heavy (non-hydrogen) atoms. The van der Waals surface area contributed by atoms with Crippen LogP contribution >= 0.6 is 0 Å². The van der Waals surface area contributed by atoms with Gasteiger partial charge in [-0.05, 0) is 19.3 Å². The van der Waals surface area contributed by atoms with Gasteiger partial charge in [-0.1, -0.05) is 0 Å². The number of methoxy groups -OCH3 is 2. The Morgan fingerprint density at radius 3 is 2.72 bits per heavy atom. The first kappa shape index (κ1) is 13.0. The average Bonchev–Trinajstić information content (AvgIpc) is 2.80. The van der Waals surface area contributed by atoms with Crippen LogP contribution in [0.5, 0.6) is 5.75 Å². The number of nitrogens with two attached hydrogens (primary N) is 1. The van der Waals surface area contributed by atoms with Crippen molar-refractivity contribution in [3.63, 3.8) is 0 Å². The lowest BCUT2D eigenvalue weighted by Gasteiger charge is -2.16. The van der Waals surface area contributed by atoms with Crippen molar-refractivity contribution in [3.05, 3.63) is 17.9 Å². The lowest BCUT2D eigenvalue weighted by atomic mass is 10.2. The normalized spacial score (nSPS) is 23.1. The second-order valence-corrected chi connectivity index (χ2v) is 4.59. The molecule has 0 spiro atoms. The fourth-order valence-corrected chi connectivity index (χ4v) is 2.36. The van der Waals surface area contributed by atoms with Gasteiger partial charge in [0.15, 0.2) is 0 Å². The molecule has 100 valence electrons. The van der Waals surface area contributed by atoms with Gasteiger partial charge in [-0.15, -0.1) is 0 Å². The molecule has 0 radical (unpaired) electrons. The van der Waals surface area contributed by atoms with Crippen LogP contribution in [0.1, 0.15) is 19.3 Å². The van der Waals surface area contributed by atoms with Crippen LogP contribution in [0, 0.1) is 5.82 Å². The minimum absolute atomic E-state index is 0.234. The van der Waals surface area contributed by atoms with E-state index >= 15 is 0 Å². The molecule has 0 saturated heterocycles. The molecule has 3 N–H and O–H groups in total. The van der Waals surface area contributed by atoms with Gasteiger partial charge in [-0.2, -0.15) is 0 Å². The van der Waals surface area contributed by atoms with Crippen LogP contribution < -0.4 is 15.8 Å². The predicted molar refractivity (Wildman–Crippen MR) is 69.4 cm³/mol. The standard InChI is InChI=1S/C13H19FN2O2/c1-17-9-4-3-8(5-9)16-12-7-13(18-2)11(15)6-10(12)14/h6-9,16H,3-5,15H2,1-2H3. The molecule has 0 aliphatic heterocycles. The van der Waals surface area contributed by atoms with Crippen molar-refractivity contribution < 1.29 is 13.9 Å². The van der Waals surface area contributed by atoms with Gasteiger partial charge >= 0.3 is 0 Å². The summed E-state index contributed by atoms with van der Waals surface area (Å²) in [5, 5.41) is 3.18. The van der Waals surface area contributed by atoms with Crippen LogP contribution in [0.15, 0.2) is 12.1 Å². The topological polar surface area (TPSA) is 56.5 Å². The molecule has 1 aromatic carbocycles. The minimum Gasteiger partial charge on any atom is -0.495 e. The third kappa shape index (κ3) is 2.67. The molecule has 0 amide bonds. The highest BCUT2D eigenvalue weighted by Crippen LogP contribution is 2.31. The van der Waals surface area contributed by atoms with E-state index in [0.29, 0.717) is 17.1 Å². The van der Waals surface area contributed by atoms with E-state index in [9.17, 15) is 4.39 Å². The highest BCUT2D eigenvalue weighted by atomic mass is 19.1. The second-order valence-electron chi connectivity index (χ2n) is 4.59. The molecule has 1 aliphatic rings. The number of benzene rings is 1. The zero-order chi connectivity index (χ0) is 13.1. The Morgan fingerprint density at radius 2 is 2.11 bits per heavy atom. The quantitative estimate of drug-likeness (QED) is 0.810. The Kier molecular flexibility index (Phi) is 3.91.